The van der Waals surface area contributed by atoms with E-state index in [0.29, 0.717) is 22.8 Å². The average molecular weight is 305 g/mol. The predicted molar refractivity (Wildman–Crippen MR) is 75.6 cm³/mol. The van der Waals surface area contributed by atoms with E-state index in [4.69, 9.17) is 16.1 Å². The van der Waals surface area contributed by atoms with Crippen molar-refractivity contribution in [2.24, 2.45) is 0 Å². The molecule has 3 rings (SSSR count). The summed E-state index contributed by atoms with van der Waals surface area (Å²) in [5, 5.41) is 14.2. The molecule has 0 aliphatic rings. The van der Waals surface area contributed by atoms with Crippen LogP contribution in [0.2, 0.25) is 5.02 Å². The zero-order valence-electron chi connectivity index (χ0n) is 10.8. The van der Waals surface area contributed by atoms with Crippen molar-refractivity contribution in [2.45, 2.75) is 6.42 Å². The Kier molecular flexibility index (Phi) is 3.58. The minimum Gasteiger partial charge on any atom is -0.507 e. The van der Waals surface area contributed by atoms with Gasteiger partial charge < -0.3 is 9.63 Å². The van der Waals surface area contributed by atoms with E-state index < -0.39 is 5.82 Å². The first-order valence-corrected chi connectivity index (χ1v) is 6.55. The van der Waals surface area contributed by atoms with Gasteiger partial charge in [-0.15, -0.1) is 0 Å². The van der Waals surface area contributed by atoms with E-state index in [2.05, 4.69) is 10.1 Å². The maximum atomic E-state index is 13.0. The van der Waals surface area contributed by atoms with E-state index in [9.17, 15) is 9.50 Å². The number of phenolic OH excluding ortho intramolecular Hbond substituents is 1. The summed E-state index contributed by atoms with van der Waals surface area (Å²) in [6, 6.07) is 10.9. The zero-order valence-corrected chi connectivity index (χ0v) is 11.5. The molecule has 3 aromatic rings. The molecule has 1 heterocycles. The van der Waals surface area contributed by atoms with Gasteiger partial charge in [-0.05, 0) is 29.8 Å². The van der Waals surface area contributed by atoms with Crippen LogP contribution >= 0.6 is 11.6 Å². The molecular formula is C15H10ClFN2O2. The summed E-state index contributed by atoms with van der Waals surface area (Å²) >= 11 is 5.91. The van der Waals surface area contributed by atoms with E-state index in [1.165, 1.54) is 12.1 Å². The lowest BCUT2D eigenvalue weighted by Crippen LogP contribution is -1.90. The Morgan fingerprint density at radius 3 is 2.81 bits per heavy atom. The van der Waals surface area contributed by atoms with Gasteiger partial charge in [-0.2, -0.15) is 4.98 Å². The minimum atomic E-state index is -0.532. The monoisotopic (exact) mass is 304 g/mol. The first-order valence-electron chi connectivity index (χ1n) is 6.18. The highest BCUT2D eigenvalue weighted by Gasteiger charge is 2.13. The van der Waals surface area contributed by atoms with Crippen LogP contribution < -0.4 is 0 Å². The van der Waals surface area contributed by atoms with E-state index >= 15 is 0 Å². The Morgan fingerprint density at radius 1 is 1.19 bits per heavy atom. The Morgan fingerprint density at radius 2 is 2.05 bits per heavy atom. The molecule has 21 heavy (non-hydrogen) atoms. The molecule has 2 aromatic carbocycles. The van der Waals surface area contributed by atoms with E-state index in [-0.39, 0.29) is 11.6 Å². The molecule has 0 radical (unpaired) electrons. The largest absolute Gasteiger partial charge is 0.507 e. The lowest BCUT2D eigenvalue weighted by atomic mass is 10.1. The summed E-state index contributed by atoms with van der Waals surface area (Å²) < 4.78 is 18.1. The predicted octanol–water partition coefficient (Wildman–Crippen LogP) is 3.83. The summed E-state index contributed by atoms with van der Waals surface area (Å²) in [7, 11) is 0. The maximum Gasteiger partial charge on any atom is 0.261 e. The molecule has 0 amide bonds. The lowest BCUT2D eigenvalue weighted by Gasteiger charge is -1.98. The third-order valence-electron chi connectivity index (χ3n) is 2.91. The first kappa shape index (κ1) is 13.6. The van der Waals surface area contributed by atoms with Crippen molar-refractivity contribution in [1.82, 2.24) is 10.1 Å². The number of halogens is 2. The topological polar surface area (TPSA) is 59.2 Å². The highest BCUT2D eigenvalue weighted by atomic mass is 35.5. The fourth-order valence-electron chi connectivity index (χ4n) is 1.95. The molecule has 6 heteroatoms. The number of phenols is 1. The van der Waals surface area contributed by atoms with Gasteiger partial charge in [0.1, 0.15) is 11.6 Å². The van der Waals surface area contributed by atoms with Crippen LogP contribution in [0.3, 0.4) is 0 Å². The normalized spacial score (nSPS) is 10.8. The summed E-state index contributed by atoms with van der Waals surface area (Å²) in [6.07, 6.45) is 0.450. The molecule has 0 saturated heterocycles. The van der Waals surface area contributed by atoms with E-state index in [0.717, 1.165) is 11.6 Å². The van der Waals surface area contributed by atoms with Gasteiger partial charge in [-0.3, -0.25) is 0 Å². The Labute approximate surface area is 124 Å². The van der Waals surface area contributed by atoms with Gasteiger partial charge in [0.2, 0.25) is 0 Å². The number of rotatable bonds is 3. The Bertz CT molecular complexity index is 789. The number of nitrogens with zero attached hydrogens (tertiary/aromatic N) is 2. The summed E-state index contributed by atoms with van der Waals surface area (Å²) in [6.45, 7) is 0. The van der Waals surface area contributed by atoms with Crippen LogP contribution in [0.4, 0.5) is 4.39 Å². The van der Waals surface area contributed by atoms with Gasteiger partial charge in [-0.1, -0.05) is 28.9 Å². The highest BCUT2D eigenvalue weighted by Crippen LogP contribution is 2.28. The van der Waals surface area contributed by atoms with Crippen molar-refractivity contribution in [2.75, 3.05) is 0 Å². The van der Waals surface area contributed by atoms with E-state index in [1.54, 1.807) is 6.07 Å². The van der Waals surface area contributed by atoms with Crippen molar-refractivity contribution < 1.29 is 14.0 Å². The molecule has 0 aliphatic heterocycles. The Balaban J connectivity index is 1.86. The molecular weight excluding hydrogens is 295 g/mol. The van der Waals surface area contributed by atoms with Crippen molar-refractivity contribution in [3.63, 3.8) is 0 Å². The second kappa shape index (κ2) is 5.54. The molecule has 0 aliphatic carbocycles. The molecule has 0 atom stereocenters. The van der Waals surface area contributed by atoms with Gasteiger partial charge in [0, 0.05) is 17.5 Å². The zero-order chi connectivity index (χ0) is 14.8. The van der Waals surface area contributed by atoms with Crippen molar-refractivity contribution >= 4 is 11.6 Å². The van der Waals surface area contributed by atoms with Gasteiger partial charge in [-0.25, -0.2) is 4.39 Å². The summed E-state index contributed by atoms with van der Waals surface area (Å²) in [5.74, 6) is -0.177. The van der Waals surface area contributed by atoms with Crippen LogP contribution in [0.25, 0.3) is 11.5 Å². The van der Waals surface area contributed by atoms with Crippen LogP contribution in [0.5, 0.6) is 5.75 Å². The molecule has 1 N–H and O–H groups in total. The molecule has 0 saturated carbocycles. The lowest BCUT2D eigenvalue weighted by molar-refractivity contribution is 0.418. The number of aromatic hydroxyl groups is 1. The van der Waals surface area contributed by atoms with Crippen molar-refractivity contribution in [3.05, 3.63) is 64.7 Å². The average Bonchev–Trinajstić information content (AvgIpc) is 2.87. The summed E-state index contributed by atoms with van der Waals surface area (Å²) in [5.41, 5.74) is 1.24. The third-order valence-corrected chi connectivity index (χ3v) is 3.14. The van der Waals surface area contributed by atoms with E-state index in [1.807, 2.05) is 18.2 Å². The second-order valence-electron chi connectivity index (χ2n) is 4.48. The van der Waals surface area contributed by atoms with Gasteiger partial charge in [0.25, 0.3) is 5.89 Å². The van der Waals surface area contributed by atoms with Crippen LogP contribution in [-0.2, 0) is 6.42 Å². The number of aromatic nitrogens is 2. The summed E-state index contributed by atoms with van der Waals surface area (Å²) in [4.78, 5) is 4.19. The van der Waals surface area contributed by atoms with Gasteiger partial charge >= 0.3 is 0 Å². The van der Waals surface area contributed by atoms with Crippen molar-refractivity contribution in [3.8, 4) is 17.2 Å². The number of benzene rings is 2. The maximum absolute atomic E-state index is 13.0. The molecule has 4 nitrogen and oxygen atoms in total. The molecule has 0 bridgehead atoms. The quantitative estimate of drug-likeness (QED) is 0.799. The van der Waals surface area contributed by atoms with Crippen LogP contribution in [-0.4, -0.2) is 15.2 Å². The van der Waals surface area contributed by atoms with Gasteiger partial charge in [0.15, 0.2) is 5.82 Å². The molecule has 0 spiro atoms. The first-order chi connectivity index (χ1) is 10.1. The van der Waals surface area contributed by atoms with Crippen LogP contribution in [0, 0.1) is 5.82 Å². The van der Waals surface area contributed by atoms with Crippen LogP contribution in [0.15, 0.2) is 47.0 Å². The fraction of sp³-hybridized carbons (Fsp3) is 0.0667. The van der Waals surface area contributed by atoms with Crippen molar-refractivity contribution in [1.29, 1.82) is 0 Å². The molecule has 0 fully saturated rings. The van der Waals surface area contributed by atoms with Gasteiger partial charge in [0.05, 0.1) is 5.56 Å². The molecule has 0 unspecified atom stereocenters. The number of hydrogen-bond acceptors (Lipinski definition) is 4. The van der Waals surface area contributed by atoms with Crippen LogP contribution in [0.1, 0.15) is 11.4 Å². The SMILES string of the molecule is Oc1cc(F)ccc1-c1nc(Cc2cccc(Cl)c2)no1. The highest BCUT2D eigenvalue weighted by molar-refractivity contribution is 6.30. The molecule has 106 valence electrons. The minimum absolute atomic E-state index is 0.143. The smallest absolute Gasteiger partial charge is 0.261 e. The Hall–Kier alpha value is -2.40. The standard InChI is InChI=1S/C15H10ClFN2O2/c16-10-3-1-2-9(6-10)7-14-18-15(21-19-14)12-5-4-11(17)8-13(12)20/h1-6,8,20H,7H2. The fourth-order valence-corrected chi connectivity index (χ4v) is 2.16. The third kappa shape index (κ3) is 3.03. The number of hydrogen-bond donors (Lipinski definition) is 1. The second-order valence-corrected chi connectivity index (χ2v) is 4.92. The molecule has 1 aromatic heterocycles.